The van der Waals surface area contributed by atoms with Crippen LogP contribution in [0, 0.1) is 12.8 Å². The number of pyridine rings is 1. The molecule has 0 atom stereocenters. The predicted molar refractivity (Wildman–Crippen MR) is 73.3 cm³/mol. The van der Waals surface area contributed by atoms with E-state index in [4.69, 9.17) is 5.73 Å². The topological polar surface area (TPSA) is 56.7 Å². The lowest BCUT2D eigenvalue weighted by Gasteiger charge is -2.27. The molecule has 2 heterocycles. The van der Waals surface area contributed by atoms with E-state index >= 15 is 0 Å². The maximum Gasteiger partial charge on any atom is 0.202 e. The van der Waals surface area contributed by atoms with Crippen LogP contribution in [-0.4, -0.2) is 14.5 Å². The maximum absolute atomic E-state index is 6.08. The largest absolute Gasteiger partial charge is 0.369 e. The summed E-state index contributed by atoms with van der Waals surface area (Å²) in [5, 5.41) is 0. The summed E-state index contributed by atoms with van der Waals surface area (Å²) >= 11 is 0. The molecule has 1 aliphatic rings. The minimum absolute atomic E-state index is 0.473. The normalized spacial score (nSPS) is 24.6. The van der Waals surface area contributed by atoms with E-state index in [1.54, 1.807) is 0 Å². The van der Waals surface area contributed by atoms with Crippen molar-refractivity contribution in [2.45, 2.75) is 45.6 Å². The van der Waals surface area contributed by atoms with Gasteiger partial charge in [-0.25, -0.2) is 9.97 Å². The van der Waals surface area contributed by atoms with Crippen LogP contribution in [0.3, 0.4) is 0 Å². The number of aromatic nitrogens is 3. The molecule has 2 aromatic heterocycles. The number of anilines is 1. The second-order valence-electron chi connectivity index (χ2n) is 5.55. The lowest BCUT2D eigenvalue weighted by molar-refractivity contribution is 0.295. The zero-order valence-electron chi connectivity index (χ0n) is 11.1. The summed E-state index contributed by atoms with van der Waals surface area (Å²) in [6.07, 6.45) is 4.92. The standard InChI is InChI=1S/C14H20N4/c1-9-3-6-11(7-4-9)18-13-12(17-14(18)15)8-5-10(2)16-13/h5,8-9,11H,3-4,6-7H2,1-2H3,(H2,15,17). The predicted octanol–water partition coefficient (Wildman–Crippen LogP) is 3.07. The molecular weight excluding hydrogens is 224 g/mol. The Kier molecular flexibility index (Phi) is 2.73. The van der Waals surface area contributed by atoms with Gasteiger partial charge in [-0.05, 0) is 50.7 Å². The van der Waals surface area contributed by atoms with Gasteiger partial charge in [0.2, 0.25) is 5.95 Å². The fraction of sp³-hybridized carbons (Fsp3) is 0.571. The second kappa shape index (κ2) is 4.26. The van der Waals surface area contributed by atoms with Gasteiger partial charge in [-0.2, -0.15) is 0 Å². The number of nitrogens with two attached hydrogens (primary N) is 1. The van der Waals surface area contributed by atoms with Crippen LogP contribution in [0.5, 0.6) is 0 Å². The molecule has 2 aromatic rings. The molecule has 0 saturated heterocycles. The van der Waals surface area contributed by atoms with E-state index in [0.717, 1.165) is 22.8 Å². The third-order valence-electron chi connectivity index (χ3n) is 4.05. The Morgan fingerprint density at radius 3 is 2.61 bits per heavy atom. The van der Waals surface area contributed by atoms with Gasteiger partial charge in [-0.1, -0.05) is 6.92 Å². The van der Waals surface area contributed by atoms with Crippen molar-refractivity contribution in [2.24, 2.45) is 5.92 Å². The highest BCUT2D eigenvalue weighted by Crippen LogP contribution is 2.35. The number of nitrogens with zero attached hydrogens (tertiary/aromatic N) is 3. The van der Waals surface area contributed by atoms with E-state index in [9.17, 15) is 0 Å². The van der Waals surface area contributed by atoms with Crippen molar-refractivity contribution in [1.82, 2.24) is 14.5 Å². The number of hydrogen-bond donors (Lipinski definition) is 1. The van der Waals surface area contributed by atoms with Crippen molar-refractivity contribution in [2.75, 3.05) is 5.73 Å². The lowest BCUT2D eigenvalue weighted by Crippen LogP contribution is -2.18. The highest BCUT2D eigenvalue weighted by atomic mass is 15.2. The first kappa shape index (κ1) is 11.5. The highest BCUT2D eigenvalue weighted by Gasteiger charge is 2.23. The van der Waals surface area contributed by atoms with Crippen molar-refractivity contribution in [3.63, 3.8) is 0 Å². The van der Waals surface area contributed by atoms with Gasteiger partial charge < -0.3 is 5.73 Å². The maximum atomic E-state index is 6.08. The van der Waals surface area contributed by atoms with Gasteiger partial charge >= 0.3 is 0 Å². The van der Waals surface area contributed by atoms with Crippen molar-refractivity contribution in [1.29, 1.82) is 0 Å². The zero-order valence-corrected chi connectivity index (χ0v) is 11.1. The van der Waals surface area contributed by atoms with Crippen LogP contribution in [0.25, 0.3) is 11.2 Å². The van der Waals surface area contributed by atoms with Crippen molar-refractivity contribution in [3.8, 4) is 0 Å². The van der Waals surface area contributed by atoms with Crippen LogP contribution in [-0.2, 0) is 0 Å². The molecule has 1 saturated carbocycles. The number of aryl methyl sites for hydroxylation is 1. The summed E-state index contributed by atoms with van der Waals surface area (Å²) in [5.74, 6) is 1.45. The SMILES string of the molecule is Cc1ccc2nc(N)n(C3CCC(C)CC3)c2n1. The van der Waals surface area contributed by atoms with Crippen molar-refractivity contribution in [3.05, 3.63) is 17.8 Å². The first-order valence-corrected chi connectivity index (χ1v) is 6.76. The molecule has 0 radical (unpaired) electrons. The Bertz CT molecular complexity index is 564. The lowest BCUT2D eigenvalue weighted by atomic mass is 9.87. The molecular formula is C14H20N4. The van der Waals surface area contributed by atoms with Gasteiger partial charge in [0.25, 0.3) is 0 Å². The summed E-state index contributed by atoms with van der Waals surface area (Å²) in [5.41, 5.74) is 8.97. The van der Waals surface area contributed by atoms with E-state index in [-0.39, 0.29) is 0 Å². The average Bonchev–Trinajstić information content (AvgIpc) is 2.66. The molecule has 0 amide bonds. The number of fused-ring (bicyclic) bond motifs is 1. The van der Waals surface area contributed by atoms with E-state index in [1.165, 1.54) is 25.7 Å². The molecule has 0 unspecified atom stereocenters. The molecule has 96 valence electrons. The minimum atomic E-state index is 0.473. The summed E-state index contributed by atoms with van der Waals surface area (Å²) in [7, 11) is 0. The van der Waals surface area contributed by atoms with Crippen LogP contribution < -0.4 is 5.73 Å². The number of nitrogen functional groups attached to an aromatic ring is 1. The van der Waals surface area contributed by atoms with Crippen LogP contribution >= 0.6 is 0 Å². The van der Waals surface area contributed by atoms with Crippen LogP contribution in [0.4, 0.5) is 5.95 Å². The summed E-state index contributed by atoms with van der Waals surface area (Å²) in [4.78, 5) is 9.04. The molecule has 2 N–H and O–H groups in total. The van der Waals surface area contributed by atoms with Gasteiger partial charge in [-0.15, -0.1) is 0 Å². The first-order valence-electron chi connectivity index (χ1n) is 6.76. The Morgan fingerprint density at radius 2 is 1.89 bits per heavy atom. The molecule has 0 spiro atoms. The first-order chi connectivity index (χ1) is 8.65. The Morgan fingerprint density at radius 1 is 1.17 bits per heavy atom. The average molecular weight is 244 g/mol. The van der Waals surface area contributed by atoms with Crippen LogP contribution in [0.2, 0.25) is 0 Å². The monoisotopic (exact) mass is 244 g/mol. The van der Waals surface area contributed by atoms with Crippen LogP contribution in [0.1, 0.15) is 44.3 Å². The summed E-state index contributed by atoms with van der Waals surface area (Å²) in [6, 6.07) is 4.47. The smallest absolute Gasteiger partial charge is 0.202 e. The van der Waals surface area contributed by atoms with Gasteiger partial charge in [0, 0.05) is 11.7 Å². The fourth-order valence-electron chi connectivity index (χ4n) is 2.95. The summed E-state index contributed by atoms with van der Waals surface area (Å²) in [6.45, 7) is 4.34. The van der Waals surface area contributed by atoms with Gasteiger partial charge in [0.15, 0.2) is 5.65 Å². The van der Waals surface area contributed by atoms with E-state index in [0.29, 0.717) is 12.0 Å². The number of hydrogen-bond acceptors (Lipinski definition) is 3. The molecule has 18 heavy (non-hydrogen) atoms. The van der Waals surface area contributed by atoms with E-state index < -0.39 is 0 Å². The van der Waals surface area contributed by atoms with Gasteiger partial charge in [-0.3, -0.25) is 4.57 Å². The number of imidazole rings is 1. The highest BCUT2D eigenvalue weighted by molar-refractivity contribution is 5.74. The molecule has 3 rings (SSSR count). The Balaban J connectivity index is 2.05. The Hall–Kier alpha value is -1.58. The van der Waals surface area contributed by atoms with E-state index in [1.807, 2.05) is 19.1 Å². The number of rotatable bonds is 1. The third kappa shape index (κ3) is 1.85. The minimum Gasteiger partial charge on any atom is -0.369 e. The molecule has 0 aliphatic heterocycles. The molecule has 4 heteroatoms. The third-order valence-corrected chi connectivity index (χ3v) is 4.05. The quantitative estimate of drug-likeness (QED) is 0.838. The fourth-order valence-corrected chi connectivity index (χ4v) is 2.95. The van der Waals surface area contributed by atoms with Crippen LogP contribution in [0.15, 0.2) is 12.1 Å². The second-order valence-corrected chi connectivity index (χ2v) is 5.55. The van der Waals surface area contributed by atoms with Gasteiger partial charge in [0.1, 0.15) is 5.52 Å². The van der Waals surface area contributed by atoms with E-state index in [2.05, 4.69) is 21.5 Å². The Labute approximate surface area is 107 Å². The summed E-state index contributed by atoms with van der Waals surface area (Å²) < 4.78 is 2.15. The zero-order chi connectivity index (χ0) is 12.7. The molecule has 0 aromatic carbocycles. The van der Waals surface area contributed by atoms with Crippen molar-refractivity contribution >= 4 is 17.1 Å². The van der Waals surface area contributed by atoms with Crippen molar-refractivity contribution < 1.29 is 0 Å². The molecule has 1 aliphatic carbocycles. The van der Waals surface area contributed by atoms with Gasteiger partial charge in [0.05, 0.1) is 0 Å². The molecule has 0 bridgehead atoms. The molecule has 4 nitrogen and oxygen atoms in total. The molecule has 1 fully saturated rings.